The molecule has 1 atom stereocenters. The minimum atomic E-state index is -1.03. The van der Waals surface area contributed by atoms with Crippen LogP contribution in [0.15, 0.2) is 0 Å². The average molecular weight is 318 g/mol. The van der Waals surface area contributed by atoms with Gasteiger partial charge in [0, 0.05) is 17.8 Å². The van der Waals surface area contributed by atoms with Gasteiger partial charge in [-0.2, -0.15) is 0 Å². The van der Waals surface area contributed by atoms with Gasteiger partial charge in [-0.15, -0.1) is 11.8 Å². The van der Waals surface area contributed by atoms with Gasteiger partial charge in [0.15, 0.2) is 0 Å². The van der Waals surface area contributed by atoms with Crippen LogP contribution in [0, 0.1) is 0 Å². The molecule has 0 saturated carbocycles. The Bertz CT molecular complexity index is 327. The number of carbonyl (C=O) groups excluding carboxylic acids is 1. The van der Waals surface area contributed by atoms with E-state index in [9.17, 15) is 9.59 Å². The van der Waals surface area contributed by atoms with E-state index in [1.807, 2.05) is 4.90 Å². The molecule has 21 heavy (non-hydrogen) atoms. The van der Waals surface area contributed by atoms with Crippen molar-refractivity contribution in [3.63, 3.8) is 0 Å². The van der Waals surface area contributed by atoms with Gasteiger partial charge in [-0.3, -0.25) is 9.59 Å². The lowest BCUT2D eigenvalue weighted by Crippen LogP contribution is -2.47. The second-order valence-corrected chi connectivity index (χ2v) is 7.43. The number of aliphatic carboxylic acids is 1. The molecule has 0 aliphatic heterocycles. The first-order chi connectivity index (χ1) is 9.76. The van der Waals surface area contributed by atoms with Crippen LogP contribution in [0.4, 0.5) is 0 Å². The third-order valence-electron chi connectivity index (χ3n) is 3.50. The van der Waals surface area contributed by atoms with Crippen molar-refractivity contribution in [3.05, 3.63) is 0 Å². The second kappa shape index (κ2) is 10.1. The van der Waals surface area contributed by atoms with Crippen LogP contribution in [-0.4, -0.2) is 51.5 Å². The van der Waals surface area contributed by atoms with E-state index in [2.05, 4.69) is 13.8 Å². The lowest BCUT2D eigenvalue weighted by atomic mass is 10.1. The van der Waals surface area contributed by atoms with Gasteiger partial charge in [-0.1, -0.05) is 26.7 Å². The molecule has 0 rings (SSSR count). The first-order valence-corrected chi connectivity index (χ1v) is 8.64. The number of rotatable bonds is 11. The number of unbranched alkanes of at least 4 members (excludes halogenated alkanes) is 2. The van der Waals surface area contributed by atoms with Crippen LogP contribution in [0.2, 0.25) is 0 Å². The van der Waals surface area contributed by atoms with Gasteiger partial charge in [0.25, 0.3) is 0 Å². The molecule has 0 bridgehead atoms. The number of amides is 1. The average Bonchev–Trinajstić information content (AvgIpc) is 2.44. The molecule has 0 aromatic heterocycles. The molecule has 5 nitrogen and oxygen atoms in total. The molecule has 124 valence electrons. The van der Waals surface area contributed by atoms with Gasteiger partial charge < -0.3 is 15.7 Å². The van der Waals surface area contributed by atoms with Crippen molar-refractivity contribution in [2.24, 2.45) is 5.73 Å². The summed E-state index contributed by atoms with van der Waals surface area (Å²) in [7, 11) is 0. The highest BCUT2D eigenvalue weighted by atomic mass is 32.2. The number of thioether (sulfide) groups is 1. The lowest BCUT2D eigenvalue weighted by molar-refractivity contribution is -0.139. The number of hydrogen-bond donors (Lipinski definition) is 2. The maximum atomic E-state index is 12.3. The Kier molecular flexibility index (Phi) is 9.70. The van der Waals surface area contributed by atoms with Crippen molar-refractivity contribution < 1.29 is 14.7 Å². The largest absolute Gasteiger partial charge is 0.480 e. The molecule has 1 amide bonds. The van der Waals surface area contributed by atoms with E-state index in [0.717, 1.165) is 38.8 Å². The fourth-order valence-electron chi connectivity index (χ4n) is 1.79. The van der Waals surface area contributed by atoms with Crippen molar-refractivity contribution >= 4 is 23.6 Å². The topological polar surface area (TPSA) is 83.6 Å². The van der Waals surface area contributed by atoms with Crippen LogP contribution in [0.1, 0.15) is 53.4 Å². The van der Waals surface area contributed by atoms with Gasteiger partial charge in [0.05, 0.1) is 5.75 Å². The van der Waals surface area contributed by atoms with Gasteiger partial charge in [0.2, 0.25) is 5.91 Å². The van der Waals surface area contributed by atoms with Crippen molar-refractivity contribution in [2.45, 2.75) is 64.2 Å². The molecule has 0 aliphatic rings. The van der Waals surface area contributed by atoms with E-state index in [-0.39, 0.29) is 11.7 Å². The molecule has 0 fully saturated rings. The van der Waals surface area contributed by atoms with Crippen LogP contribution in [-0.2, 0) is 9.59 Å². The van der Waals surface area contributed by atoms with E-state index in [4.69, 9.17) is 10.8 Å². The van der Waals surface area contributed by atoms with Crippen LogP contribution in [0.5, 0.6) is 0 Å². The first kappa shape index (κ1) is 20.2. The van der Waals surface area contributed by atoms with E-state index < -0.39 is 16.8 Å². The Hall–Kier alpha value is -0.750. The Morgan fingerprint density at radius 3 is 2.05 bits per heavy atom. The van der Waals surface area contributed by atoms with Gasteiger partial charge in [0.1, 0.15) is 6.04 Å². The molecule has 0 aliphatic carbocycles. The second-order valence-electron chi connectivity index (χ2n) is 5.80. The molecular weight excluding hydrogens is 288 g/mol. The number of carboxylic acids is 1. The number of nitrogens with two attached hydrogens (primary N) is 1. The molecule has 0 saturated heterocycles. The lowest BCUT2D eigenvalue weighted by Gasteiger charge is -2.29. The first-order valence-electron chi connectivity index (χ1n) is 7.66. The summed E-state index contributed by atoms with van der Waals surface area (Å²) in [5.74, 6) is -0.678. The molecule has 0 radical (unpaired) electrons. The SMILES string of the molecule is CCCCN(CCCC)C(=O)CSC(C)(C)[C@H](N)C(=O)O. The van der Waals surface area contributed by atoms with E-state index in [1.165, 1.54) is 11.8 Å². The Morgan fingerprint density at radius 2 is 1.67 bits per heavy atom. The van der Waals surface area contributed by atoms with Crippen LogP contribution >= 0.6 is 11.8 Å². The number of nitrogens with zero attached hydrogens (tertiary/aromatic N) is 1. The van der Waals surface area contributed by atoms with E-state index >= 15 is 0 Å². The summed E-state index contributed by atoms with van der Waals surface area (Å²) in [5.41, 5.74) is 5.67. The monoisotopic (exact) mass is 318 g/mol. The zero-order valence-electron chi connectivity index (χ0n) is 13.7. The van der Waals surface area contributed by atoms with Crippen LogP contribution in [0.3, 0.4) is 0 Å². The van der Waals surface area contributed by atoms with Crippen molar-refractivity contribution in [1.29, 1.82) is 0 Å². The molecule has 6 heteroatoms. The summed E-state index contributed by atoms with van der Waals surface area (Å²) in [5, 5.41) is 8.99. The van der Waals surface area contributed by atoms with Crippen LogP contribution < -0.4 is 5.73 Å². The highest BCUT2D eigenvalue weighted by Crippen LogP contribution is 2.27. The quantitative estimate of drug-likeness (QED) is 0.611. The molecule has 0 aromatic rings. The van der Waals surface area contributed by atoms with Gasteiger partial charge >= 0.3 is 5.97 Å². The summed E-state index contributed by atoms with van der Waals surface area (Å²) in [6.07, 6.45) is 4.10. The maximum absolute atomic E-state index is 12.3. The predicted octanol–water partition coefficient (Wildman–Crippen LogP) is 2.34. The summed E-state index contributed by atoms with van der Waals surface area (Å²) in [6.45, 7) is 9.30. The highest BCUT2D eigenvalue weighted by molar-refractivity contribution is 8.01. The molecule has 3 N–H and O–H groups in total. The third kappa shape index (κ3) is 7.71. The normalized spacial score (nSPS) is 13.0. The summed E-state index contributed by atoms with van der Waals surface area (Å²) >= 11 is 1.32. The summed E-state index contributed by atoms with van der Waals surface area (Å²) in [4.78, 5) is 25.2. The molecule has 0 unspecified atom stereocenters. The van der Waals surface area contributed by atoms with E-state index in [0.29, 0.717) is 0 Å². The number of hydrogen-bond acceptors (Lipinski definition) is 4. The highest BCUT2D eigenvalue weighted by Gasteiger charge is 2.33. The summed E-state index contributed by atoms with van der Waals surface area (Å²) < 4.78 is -0.664. The van der Waals surface area contributed by atoms with Gasteiger partial charge in [-0.05, 0) is 26.7 Å². The standard InChI is InChI=1S/C15H30N2O3S/c1-5-7-9-17(10-8-6-2)12(18)11-21-15(3,4)13(16)14(19)20/h13H,5-11,16H2,1-4H3,(H,19,20)/t13-/m1/s1. The molecule has 0 heterocycles. The zero-order valence-corrected chi connectivity index (χ0v) is 14.5. The Labute approximate surface area is 132 Å². The number of carboxylic acid groups (broad SMARTS) is 1. The van der Waals surface area contributed by atoms with Gasteiger partial charge in [-0.25, -0.2) is 0 Å². The van der Waals surface area contributed by atoms with E-state index in [1.54, 1.807) is 13.8 Å². The minimum absolute atomic E-state index is 0.0764. The fraction of sp³-hybridized carbons (Fsp3) is 0.867. The summed E-state index contributed by atoms with van der Waals surface area (Å²) in [6, 6.07) is -0.977. The molecule has 0 aromatic carbocycles. The smallest absolute Gasteiger partial charge is 0.321 e. The Morgan fingerprint density at radius 1 is 1.19 bits per heavy atom. The van der Waals surface area contributed by atoms with Crippen LogP contribution in [0.25, 0.3) is 0 Å². The van der Waals surface area contributed by atoms with Crippen molar-refractivity contribution in [2.75, 3.05) is 18.8 Å². The fourth-order valence-corrected chi connectivity index (χ4v) is 2.74. The maximum Gasteiger partial charge on any atom is 0.321 e. The molecule has 0 spiro atoms. The minimum Gasteiger partial charge on any atom is -0.480 e. The van der Waals surface area contributed by atoms with Crippen molar-refractivity contribution in [3.8, 4) is 0 Å². The zero-order chi connectivity index (χ0) is 16.5. The third-order valence-corrected chi connectivity index (χ3v) is 4.89. The number of carbonyl (C=O) groups is 2. The Balaban J connectivity index is 4.49. The molecular formula is C15H30N2O3S. The predicted molar refractivity (Wildman–Crippen MR) is 88.5 cm³/mol. The van der Waals surface area contributed by atoms with Crippen molar-refractivity contribution in [1.82, 2.24) is 4.90 Å².